The minimum absolute atomic E-state index is 0.0833. The van der Waals surface area contributed by atoms with Gasteiger partial charge in [0, 0.05) is 17.6 Å². The van der Waals surface area contributed by atoms with E-state index in [0.29, 0.717) is 29.0 Å². The first-order valence-corrected chi connectivity index (χ1v) is 11.6. The van der Waals surface area contributed by atoms with Gasteiger partial charge in [0.05, 0.1) is 24.1 Å². The van der Waals surface area contributed by atoms with E-state index >= 15 is 0 Å². The third kappa shape index (κ3) is 6.92. The van der Waals surface area contributed by atoms with Gasteiger partial charge < -0.3 is 14.8 Å². The number of halogens is 4. The van der Waals surface area contributed by atoms with Crippen LogP contribution in [0.1, 0.15) is 24.4 Å². The Labute approximate surface area is 209 Å². The lowest BCUT2D eigenvalue weighted by Gasteiger charge is -2.16. The van der Waals surface area contributed by atoms with Gasteiger partial charge in [0.1, 0.15) is 11.5 Å². The maximum absolute atomic E-state index is 13.3. The van der Waals surface area contributed by atoms with E-state index < -0.39 is 23.8 Å². The number of methoxy groups -OCH3 is 1. The lowest BCUT2D eigenvalue weighted by molar-refractivity contribution is -0.137. The second kappa shape index (κ2) is 11.5. The van der Waals surface area contributed by atoms with Crippen LogP contribution in [0.3, 0.4) is 0 Å². The quantitative estimate of drug-likeness (QED) is 0.257. The highest BCUT2D eigenvalue weighted by Crippen LogP contribution is 2.36. The fourth-order valence-corrected chi connectivity index (χ4v) is 4.04. The molecule has 0 aliphatic heterocycles. The van der Waals surface area contributed by atoms with Crippen LogP contribution < -0.4 is 14.8 Å². The van der Waals surface area contributed by atoms with E-state index in [0.717, 1.165) is 23.9 Å². The van der Waals surface area contributed by atoms with Gasteiger partial charge in [-0.05, 0) is 37.3 Å². The molecule has 0 saturated carbocycles. The van der Waals surface area contributed by atoms with Crippen molar-refractivity contribution in [3.8, 4) is 11.5 Å². The van der Waals surface area contributed by atoms with Crippen LogP contribution in [-0.4, -0.2) is 33.5 Å². The van der Waals surface area contributed by atoms with Crippen molar-refractivity contribution in [1.29, 1.82) is 0 Å². The van der Waals surface area contributed by atoms with Crippen molar-refractivity contribution >= 4 is 35.0 Å². The van der Waals surface area contributed by atoms with Crippen molar-refractivity contribution < 1.29 is 27.4 Å². The average Bonchev–Trinajstić information content (AvgIpc) is 3.21. The van der Waals surface area contributed by atoms with E-state index in [1.807, 2.05) is 0 Å². The van der Waals surface area contributed by atoms with Crippen LogP contribution >= 0.6 is 23.4 Å². The molecule has 1 aromatic heterocycles. The van der Waals surface area contributed by atoms with Gasteiger partial charge in [0.2, 0.25) is 5.91 Å². The molecule has 0 spiro atoms. The molecule has 3 rings (SSSR count). The van der Waals surface area contributed by atoms with Crippen LogP contribution in [0.15, 0.2) is 60.3 Å². The molecule has 12 heteroatoms. The van der Waals surface area contributed by atoms with Crippen LogP contribution in [0.25, 0.3) is 0 Å². The van der Waals surface area contributed by atoms with Crippen molar-refractivity contribution in [2.24, 2.45) is 0 Å². The number of benzene rings is 2. The van der Waals surface area contributed by atoms with Gasteiger partial charge >= 0.3 is 6.18 Å². The molecule has 0 aliphatic rings. The third-order valence-corrected chi connectivity index (χ3v) is 5.87. The fraction of sp³-hybridized carbons (Fsp3) is 0.261. The third-order valence-electron chi connectivity index (χ3n) is 4.67. The van der Waals surface area contributed by atoms with E-state index in [4.69, 9.17) is 21.1 Å². The number of aromatic nitrogens is 3. The first-order valence-electron chi connectivity index (χ1n) is 10.3. The second-order valence-electron chi connectivity index (χ2n) is 7.20. The van der Waals surface area contributed by atoms with Crippen LogP contribution in [-0.2, 0) is 17.5 Å². The van der Waals surface area contributed by atoms with E-state index in [2.05, 4.69) is 22.1 Å². The van der Waals surface area contributed by atoms with E-state index in [9.17, 15) is 18.0 Å². The Morgan fingerprint density at radius 3 is 2.69 bits per heavy atom. The van der Waals surface area contributed by atoms with Crippen molar-refractivity contribution in [3.63, 3.8) is 0 Å². The van der Waals surface area contributed by atoms with Crippen LogP contribution in [0.5, 0.6) is 11.5 Å². The lowest BCUT2D eigenvalue weighted by atomic mass is 10.1. The lowest BCUT2D eigenvalue weighted by Crippen LogP contribution is -2.18. The molecule has 1 atom stereocenters. The molecule has 0 saturated heterocycles. The summed E-state index contributed by atoms with van der Waals surface area (Å²) in [6.45, 7) is 5.87. The Kier molecular flexibility index (Phi) is 8.68. The number of rotatable bonds is 10. The number of anilines is 1. The standard InChI is InChI=1S/C23H22ClF3N4O3S/c1-4-10-31-21(14(2)34-17-7-5-6-16(12-17)33-3)29-30-22(31)35-13-20(32)28-19-9-8-15(24)11-18(19)23(25,26)27/h4-9,11-12,14H,1,10,13H2,2-3H3,(H,28,32). The van der Waals surface area contributed by atoms with Gasteiger partial charge in [-0.15, -0.1) is 16.8 Å². The molecule has 1 heterocycles. The maximum atomic E-state index is 13.3. The summed E-state index contributed by atoms with van der Waals surface area (Å²) in [4.78, 5) is 12.4. The highest BCUT2D eigenvalue weighted by atomic mass is 35.5. The molecule has 0 radical (unpaired) electrons. The minimum Gasteiger partial charge on any atom is -0.497 e. The summed E-state index contributed by atoms with van der Waals surface area (Å²) in [6, 6.07) is 10.2. The summed E-state index contributed by atoms with van der Waals surface area (Å²) in [7, 11) is 1.56. The number of thioether (sulfide) groups is 1. The highest BCUT2D eigenvalue weighted by Gasteiger charge is 2.34. The predicted octanol–water partition coefficient (Wildman–Crippen LogP) is 6.02. The largest absolute Gasteiger partial charge is 0.497 e. The molecule has 1 amide bonds. The van der Waals surface area contributed by atoms with Crippen molar-refractivity contribution in [2.75, 3.05) is 18.2 Å². The Bertz CT molecular complexity index is 1200. The van der Waals surface area contributed by atoms with Crippen LogP contribution in [0.2, 0.25) is 5.02 Å². The Morgan fingerprint density at radius 2 is 2.00 bits per heavy atom. The summed E-state index contributed by atoms with van der Waals surface area (Å²) in [5.74, 6) is 0.868. The Hall–Kier alpha value is -3.18. The predicted molar refractivity (Wildman–Crippen MR) is 128 cm³/mol. The zero-order valence-corrected chi connectivity index (χ0v) is 20.4. The number of nitrogens with one attached hydrogen (secondary N) is 1. The number of alkyl halides is 3. The number of ether oxygens (including phenoxy) is 2. The monoisotopic (exact) mass is 526 g/mol. The SMILES string of the molecule is C=CCn1c(SCC(=O)Nc2ccc(Cl)cc2C(F)(F)F)nnc1C(C)Oc1cccc(OC)c1. The summed E-state index contributed by atoms with van der Waals surface area (Å²) in [6.07, 6.45) is -3.53. The fourth-order valence-electron chi connectivity index (χ4n) is 3.12. The smallest absolute Gasteiger partial charge is 0.418 e. The second-order valence-corrected chi connectivity index (χ2v) is 8.58. The molecule has 7 nitrogen and oxygen atoms in total. The number of hydrogen-bond acceptors (Lipinski definition) is 6. The number of nitrogens with zero attached hydrogens (tertiary/aromatic N) is 3. The Morgan fingerprint density at radius 1 is 1.26 bits per heavy atom. The van der Waals surface area contributed by atoms with E-state index in [1.165, 1.54) is 6.07 Å². The first kappa shape index (κ1) is 26.4. The highest BCUT2D eigenvalue weighted by molar-refractivity contribution is 7.99. The average molecular weight is 527 g/mol. The molecule has 2 aromatic carbocycles. The summed E-state index contributed by atoms with van der Waals surface area (Å²) >= 11 is 6.71. The van der Waals surface area contributed by atoms with Crippen molar-refractivity contribution in [2.45, 2.75) is 30.9 Å². The van der Waals surface area contributed by atoms with Gasteiger partial charge in [0.25, 0.3) is 0 Å². The van der Waals surface area contributed by atoms with E-state index in [-0.39, 0.29) is 16.5 Å². The normalized spacial score (nSPS) is 12.2. The molecule has 3 aromatic rings. The number of carbonyl (C=O) groups excluding carboxylic acids is 1. The van der Waals surface area contributed by atoms with Gasteiger partial charge in [-0.3, -0.25) is 9.36 Å². The molecule has 35 heavy (non-hydrogen) atoms. The van der Waals surface area contributed by atoms with Crippen LogP contribution in [0, 0.1) is 0 Å². The maximum Gasteiger partial charge on any atom is 0.418 e. The molecule has 186 valence electrons. The molecule has 1 N–H and O–H groups in total. The zero-order chi connectivity index (χ0) is 25.6. The van der Waals surface area contributed by atoms with Crippen molar-refractivity contribution in [1.82, 2.24) is 14.8 Å². The summed E-state index contributed by atoms with van der Waals surface area (Å²) in [5, 5.41) is 10.9. The summed E-state index contributed by atoms with van der Waals surface area (Å²) in [5.41, 5.74) is -1.40. The number of amides is 1. The number of hydrogen-bond donors (Lipinski definition) is 1. The first-order chi connectivity index (χ1) is 16.6. The molecule has 0 bridgehead atoms. The molecule has 0 fully saturated rings. The molecule has 1 unspecified atom stereocenters. The number of carbonyl (C=O) groups is 1. The van der Waals surface area contributed by atoms with Gasteiger partial charge in [0.15, 0.2) is 17.1 Å². The van der Waals surface area contributed by atoms with Gasteiger partial charge in [-0.25, -0.2) is 0 Å². The number of allylic oxidation sites excluding steroid dienone is 1. The van der Waals surface area contributed by atoms with Crippen molar-refractivity contribution in [3.05, 3.63) is 71.5 Å². The molecular weight excluding hydrogens is 505 g/mol. The summed E-state index contributed by atoms with van der Waals surface area (Å²) < 4.78 is 52.7. The topological polar surface area (TPSA) is 78.3 Å². The Balaban J connectivity index is 1.71. The minimum atomic E-state index is -4.67. The van der Waals surface area contributed by atoms with Gasteiger partial charge in [-0.2, -0.15) is 13.2 Å². The molecular formula is C23H22ClF3N4O3S. The zero-order valence-electron chi connectivity index (χ0n) is 18.8. The molecule has 0 aliphatic carbocycles. The van der Waals surface area contributed by atoms with Gasteiger partial charge in [-0.1, -0.05) is 35.5 Å². The van der Waals surface area contributed by atoms with Crippen LogP contribution in [0.4, 0.5) is 18.9 Å². The van der Waals surface area contributed by atoms with E-state index in [1.54, 1.807) is 48.9 Å².